The number of hydrogen-bond donors (Lipinski definition) is 1. The lowest BCUT2D eigenvalue weighted by atomic mass is 10.2. The van der Waals surface area contributed by atoms with E-state index in [0.29, 0.717) is 30.9 Å². The van der Waals surface area contributed by atoms with E-state index in [4.69, 9.17) is 9.26 Å². The maximum atomic E-state index is 5.10. The maximum absolute atomic E-state index is 5.10. The fourth-order valence-electron chi connectivity index (χ4n) is 1.68. The molecule has 1 aliphatic rings. The first-order chi connectivity index (χ1) is 7.88. The highest BCUT2D eigenvalue weighted by molar-refractivity contribution is 7.99. The van der Waals surface area contributed by atoms with Gasteiger partial charge in [0.25, 0.3) is 0 Å². The number of aromatic nitrogens is 2. The molecule has 0 aliphatic carbocycles. The summed E-state index contributed by atoms with van der Waals surface area (Å²) in [6.45, 7) is 1.06. The third-order valence-corrected chi connectivity index (χ3v) is 3.70. The first-order valence-corrected chi connectivity index (χ1v) is 6.65. The number of thioether (sulfide) groups is 1. The molecule has 1 fully saturated rings. The lowest BCUT2D eigenvalue weighted by molar-refractivity contribution is 0.174. The van der Waals surface area contributed by atoms with Crippen molar-refractivity contribution in [2.24, 2.45) is 0 Å². The van der Waals surface area contributed by atoms with E-state index in [9.17, 15) is 0 Å². The summed E-state index contributed by atoms with van der Waals surface area (Å²) in [7, 11) is 1.62. The summed E-state index contributed by atoms with van der Waals surface area (Å²) >= 11 is 2.00. The highest BCUT2D eigenvalue weighted by Crippen LogP contribution is 2.17. The molecule has 1 aliphatic heterocycles. The number of ether oxygens (including phenoxy) is 1. The zero-order valence-corrected chi connectivity index (χ0v) is 10.3. The van der Waals surface area contributed by atoms with Gasteiger partial charge in [0.2, 0.25) is 5.89 Å². The highest BCUT2D eigenvalue weighted by atomic mass is 32.2. The molecule has 0 spiro atoms. The number of nitrogens with zero attached hydrogens (tertiary/aromatic N) is 2. The summed E-state index contributed by atoms with van der Waals surface area (Å²) in [4.78, 5) is 4.21. The van der Waals surface area contributed by atoms with E-state index in [1.807, 2.05) is 11.8 Å². The van der Waals surface area contributed by atoms with Gasteiger partial charge in [0.1, 0.15) is 6.61 Å². The van der Waals surface area contributed by atoms with Gasteiger partial charge < -0.3 is 14.6 Å². The van der Waals surface area contributed by atoms with Gasteiger partial charge in [-0.05, 0) is 18.6 Å². The van der Waals surface area contributed by atoms with Gasteiger partial charge in [-0.15, -0.1) is 0 Å². The lowest BCUT2D eigenvalue weighted by Crippen LogP contribution is -2.33. The Balaban J connectivity index is 1.75. The van der Waals surface area contributed by atoms with Crippen molar-refractivity contribution in [1.29, 1.82) is 0 Å². The third-order valence-electron chi connectivity index (χ3n) is 2.49. The number of nitrogens with one attached hydrogen (secondary N) is 1. The van der Waals surface area contributed by atoms with Crippen LogP contribution in [0, 0.1) is 0 Å². The van der Waals surface area contributed by atoms with Gasteiger partial charge in [-0.3, -0.25) is 0 Å². The fraction of sp³-hybridized carbons (Fsp3) is 0.800. The molecule has 90 valence electrons. The van der Waals surface area contributed by atoms with E-state index in [1.165, 1.54) is 24.3 Å². The summed E-state index contributed by atoms with van der Waals surface area (Å²) in [6, 6.07) is 0.580. The molecular formula is C10H17N3O2S. The lowest BCUT2D eigenvalue weighted by Gasteiger charge is -2.21. The molecule has 0 amide bonds. The van der Waals surface area contributed by atoms with Crippen LogP contribution in [0.4, 0.5) is 0 Å². The van der Waals surface area contributed by atoms with Crippen molar-refractivity contribution in [1.82, 2.24) is 15.5 Å². The van der Waals surface area contributed by atoms with Gasteiger partial charge in [-0.1, -0.05) is 5.16 Å². The minimum absolute atomic E-state index is 0.406. The average Bonchev–Trinajstić information content (AvgIpc) is 2.76. The second kappa shape index (κ2) is 6.22. The molecule has 2 rings (SSSR count). The average molecular weight is 243 g/mol. The van der Waals surface area contributed by atoms with E-state index in [2.05, 4.69) is 15.5 Å². The monoisotopic (exact) mass is 243 g/mol. The zero-order chi connectivity index (χ0) is 11.2. The van der Waals surface area contributed by atoms with Crippen LogP contribution in [0.5, 0.6) is 0 Å². The van der Waals surface area contributed by atoms with Gasteiger partial charge in [-0.2, -0.15) is 16.7 Å². The van der Waals surface area contributed by atoms with Crippen molar-refractivity contribution in [2.75, 3.05) is 18.6 Å². The molecule has 0 radical (unpaired) electrons. The van der Waals surface area contributed by atoms with Gasteiger partial charge in [-0.25, -0.2) is 0 Å². The Hall–Kier alpha value is -0.590. The van der Waals surface area contributed by atoms with Gasteiger partial charge >= 0.3 is 0 Å². The van der Waals surface area contributed by atoms with Crippen molar-refractivity contribution in [2.45, 2.75) is 32.0 Å². The normalized spacial score (nSPS) is 21.2. The van der Waals surface area contributed by atoms with E-state index < -0.39 is 0 Å². The smallest absolute Gasteiger partial charge is 0.240 e. The van der Waals surface area contributed by atoms with Crippen LogP contribution in [-0.2, 0) is 17.9 Å². The van der Waals surface area contributed by atoms with Crippen LogP contribution in [0.15, 0.2) is 4.52 Å². The van der Waals surface area contributed by atoms with Crippen LogP contribution in [0.1, 0.15) is 24.6 Å². The van der Waals surface area contributed by atoms with E-state index in [1.54, 1.807) is 7.11 Å². The zero-order valence-electron chi connectivity index (χ0n) is 9.44. The minimum Gasteiger partial charge on any atom is -0.377 e. The summed E-state index contributed by atoms with van der Waals surface area (Å²) in [5.74, 6) is 3.72. The Morgan fingerprint density at radius 1 is 1.62 bits per heavy atom. The Morgan fingerprint density at radius 3 is 3.31 bits per heavy atom. The number of hydrogen-bond acceptors (Lipinski definition) is 6. The Bertz CT molecular complexity index is 313. The van der Waals surface area contributed by atoms with Crippen molar-refractivity contribution in [3.05, 3.63) is 11.7 Å². The van der Waals surface area contributed by atoms with Crippen LogP contribution in [-0.4, -0.2) is 34.8 Å². The van der Waals surface area contributed by atoms with Gasteiger partial charge in [0.05, 0.1) is 6.54 Å². The van der Waals surface area contributed by atoms with Gasteiger partial charge in [0, 0.05) is 18.9 Å². The standard InChI is InChI=1S/C10H17N3O2S/c1-14-6-9-12-10(15-13-9)5-11-8-3-2-4-16-7-8/h8,11H,2-7H2,1H3. The molecule has 1 aromatic rings. The SMILES string of the molecule is COCc1noc(CNC2CCCSC2)n1. The molecule has 0 saturated carbocycles. The van der Waals surface area contributed by atoms with E-state index >= 15 is 0 Å². The van der Waals surface area contributed by atoms with Crippen molar-refractivity contribution < 1.29 is 9.26 Å². The van der Waals surface area contributed by atoms with Gasteiger partial charge in [0.15, 0.2) is 5.82 Å². The van der Waals surface area contributed by atoms with Crippen molar-refractivity contribution in [3.8, 4) is 0 Å². The Labute approximate surface area is 99.3 Å². The molecule has 1 aromatic heterocycles. The van der Waals surface area contributed by atoms with Crippen LogP contribution >= 0.6 is 11.8 Å². The van der Waals surface area contributed by atoms with E-state index in [-0.39, 0.29) is 0 Å². The topological polar surface area (TPSA) is 60.2 Å². The van der Waals surface area contributed by atoms with Crippen LogP contribution < -0.4 is 5.32 Å². The molecule has 1 N–H and O–H groups in total. The second-order valence-corrected chi connectivity index (χ2v) is 4.98. The molecule has 16 heavy (non-hydrogen) atoms. The molecular weight excluding hydrogens is 226 g/mol. The molecule has 0 aromatic carbocycles. The summed E-state index contributed by atoms with van der Waals surface area (Å²) < 4.78 is 10.0. The Morgan fingerprint density at radius 2 is 2.56 bits per heavy atom. The van der Waals surface area contributed by atoms with Crippen LogP contribution in [0.2, 0.25) is 0 Å². The molecule has 5 nitrogen and oxygen atoms in total. The highest BCUT2D eigenvalue weighted by Gasteiger charge is 2.14. The second-order valence-electron chi connectivity index (χ2n) is 3.83. The van der Waals surface area contributed by atoms with Crippen LogP contribution in [0.25, 0.3) is 0 Å². The molecule has 1 unspecified atom stereocenters. The fourth-order valence-corrected chi connectivity index (χ4v) is 2.79. The molecule has 0 bridgehead atoms. The first kappa shape index (κ1) is 11.9. The van der Waals surface area contributed by atoms with Crippen molar-refractivity contribution >= 4 is 11.8 Å². The number of rotatable bonds is 5. The maximum Gasteiger partial charge on any atom is 0.240 e. The molecule has 2 heterocycles. The number of methoxy groups -OCH3 is 1. The largest absolute Gasteiger partial charge is 0.377 e. The predicted molar refractivity (Wildman–Crippen MR) is 62.2 cm³/mol. The summed E-state index contributed by atoms with van der Waals surface area (Å²) in [6.07, 6.45) is 2.53. The summed E-state index contributed by atoms with van der Waals surface area (Å²) in [5, 5.41) is 7.25. The quantitative estimate of drug-likeness (QED) is 0.838. The third kappa shape index (κ3) is 3.47. The summed E-state index contributed by atoms with van der Waals surface area (Å²) in [5.41, 5.74) is 0. The Kier molecular flexibility index (Phi) is 4.62. The molecule has 6 heteroatoms. The van der Waals surface area contributed by atoms with E-state index in [0.717, 1.165) is 0 Å². The minimum atomic E-state index is 0.406. The molecule has 1 atom stereocenters. The first-order valence-electron chi connectivity index (χ1n) is 5.50. The van der Waals surface area contributed by atoms with Crippen LogP contribution in [0.3, 0.4) is 0 Å². The van der Waals surface area contributed by atoms with Crippen molar-refractivity contribution in [3.63, 3.8) is 0 Å². The molecule has 1 saturated heterocycles. The predicted octanol–water partition coefficient (Wildman–Crippen LogP) is 1.20.